The molecule has 0 aliphatic heterocycles. The number of aliphatic hydroxyl groups is 1. The highest BCUT2D eigenvalue weighted by Gasteiger charge is 2.34. The molecule has 1 aliphatic carbocycles. The summed E-state index contributed by atoms with van der Waals surface area (Å²) in [6.07, 6.45) is 4.06. The molecule has 0 spiro atoms. The number of aryl methyl sites for hydroxylation is 1. The van der Waals surface area contributed by atoms with Crippen molar-refractivity contribution in [2.75, 3.05) is 6.54 Å². The highest BCUT2D eigenvalue weighted by molar-refractivity contribution is 5.92. The molecule has 1 fully saturated rings. The quantitative estimate of drug-likeness (QED) is 0.787. The molecule has 0 bridgehead atoms. The van der Waals surface area contributed by atoms with Crippen molar-refractivity contribution in [3.8, 4) is 0 Å². The van der Waals surface area contributed by atoms with Crippen LogP contribution in [0.15, 0.2) is 16.7 Å². The van der Waals surface area contributed by atoms with Gasteiger partial charge in [0.1, 0.15) is 0 Å². The van der Waals surface area contributed by atoms with Gasteiger partial charge in [-0.2, -0.15) is 0 Å². The fourth-order valence-electron chi connectivity index (χ4n) is 1.69. The molecule has 2 N–H and O–H groups in total. The molecule has 0 unspecified atom stereocenters. The van der Waals surface area contributed by atoms with Gasteiger partial charge in [-0.05, 0) is 32.3 Å². The van der Waals surface area contributed by atoms with Gasteiger partial charge in [0.05, 0.1) is 11.9 Å². The van der Waals surface area contributed by atoms with Crippen LogP contribution < -0.4 is 5.32 Å². The van der Waals surface area contributed by atoms with E-state index < -0.39 is 5.60 Å². The normalized spacial score (nSPS) is 18.3. The molecule has 0 saturated heterocycles. The van der Waals surface area contributed by atoms with Crippen LogP contribution in [0.3, 0.4) is 0 Å². The third-order valence-electron chi connectivity index (χ3n) is 2.93. The standard InChI is InChI=1S/C11H15NO3/c1-8-3-6-15-9(8)10(13)12-7-11(14)4-2-5-11/h3,6,14H,2,4-5,7H2,1H3,(H,12,13). The van der Waals surface area contributed by atoms with E-state index in [-0.39, 0.29) is 5.91 Å². The van der Waals surface area contributed by atoms with Gasteiger partial charge in [-0.3, -0.25) is 4.79 Å². The van der Waals surface area contributed by atoms with Gasteiger partial charge in [0, 0.05) is 12.1 Å². The Morgan fingerprint density at radius 1 is 1.67 bits per heavy atom. The second kappa shape index (κ2) is 3.70. The highest BCUT2D eigenvalue weighted by Crippen LogP contribution is 2.30. The molecule has 1 saturated carbocycles. The number of hydrogen-bond donors (Lipinski definition) is 2. The summed E-state index contributed by atoms with van der Waals surface area (Å²) < 4.78 is 5.05. The Balaban J connectivity index is 1.90. The van der Waals surface area contributed by atoms with Crippen molar-refractivity contribution in [3.05, 3.63) is 23.7 Å². The van der Waals surface area contributed by atoms with Crippen molar-refractivity contribution < 1.29 is 14.3 Å². The van der Waals surface area contributed by atoms with Crippen LogP contribution in [0.4, 0.5) is 0 Å². The van der Waals surface area contributed by atoms with E-state index in [0.717, 1.165) is 24.8 Å². The zero-order valence-corrected chi connectivity index (χ0v) is 8.75. The fourth-order valence-corrected chi connectivity index (χ4v) is 1.69. The van der Waals surface area contributed by atoms with Gasteiger partial charge in [-0.15, -0.1) is 0 Å². The van der Waals surface area contributed by atoms with Crippen molar-refractivity contribution in [3.63, 3.8) is 0 Å². The molecule has 82 valence electrons. The van der Waals surface area contributed by atoms with E-state index in [1.807, 2.05) is 6.92 Å². The van der Waals surface area contributed by atoms with E-state index >= 15 is 0 Å². The molecule has 1 aromatic rings. The third-order valence-corrected chi connectivity index (χ3v) is 2.93. The summed E-state index contributed by atoms with van der Waals surface area (Å²) in [7, 11) is 0. The Labute approximate surface area is 88.3 Å². The topological polar surface area (TPSA) is 62.5 Å². The summed E-state index contributed by atoms with van der Waals surface area (Å²) in [4.78, 5) is 11.6. The van der Waals surface area contributed by atoms with Gasteiger partial charge in [0.25, 0.3) is 5.91 Å². The molecule has 4 heteroatoms. The predicted molar refractivity (Wildman–Crippen MR) is 54.6 cm³/mol. The zero-order chi connectivity index (χ0) is 10.9. The van der Waals surface area contributed by atoms with Gasteiger partial charge in [-0.1, -0.05) is 0 Å². The Morgan fingerprint density at radius 2 is 2.40 bits per heavy atom. The molecule has 1 aliphatic rings. The predicted octanol–water partition coefficient (Wildman–Crippen LogP) is 1.23. The lowest BCUT2D eigenvalue weighted by Crippen LogP contribution is -2.47. The lowest BCUT2D eigenvalue weighted by Gasteiger charge is -2.36. The Kier molecular flexibility index (Phi) is 2.52. The van der Waals surface area contributed by atoms with Crippen molar-refractivity contribution in [1.82, 2.24) is 5.32 Å². The number of furan rings is 1. The van der Waals surface area contributed by atoms with Gasteiger partial charge in [-0.25, -0.2) is 0 Å². The average Bonchev–Trinajstić information content (AvgIpc) is 2.58. The maximum absolute atomic E-state index is 11.6. The van der Waals surface area contributed by atoms with Gasteiger partial charge in [0.15, 0.2) is 5.76 Å². The van der Waals surface area contributed by atoms with Crippen molar-refractivity contribution in [2.24, 2.45) is 0 Å². The first-order chi connectivity index (χ1) is 7.11. The molecule has 2 rings (SSSR count). The van der Waals surface area contributed by atoms with Crippen LogP contribution in [-0.2, 0) is 0 Å². The molecule has 1 amide bonds. The van der Waals surface area contributed by atoms with Crippen LogP contribution in [0.2, 0.25) is 0 Å². The minimum Gasteiger partial charge on any atom is -0.459 e. The molecule has 15 heavy (non-hydrogen) atoms. The van der Waals surface area contributed by atoms with Crippen LogP contribution in [-0.4, -0.2) is 23.2 Å². The Bertz CT molecular complexity index is 366. The maximum Gasteiger partial charge on any atom is 0.287 e. The van der Waals surface area contributed by atoms with Crippen molar-refractivity contribution in [2.45, 2.75) is 31.8 Å². The van der Waals surface area contributed by atoms with E-state index in [0.29, 0.717) is 12.3 Å². The molecule has 0 aromatic carbocycles. The lowest BCUT2D eigenvalue weighted by atomic mass is 9.80. The van der Waals surface area contributed by atoms with Crippen LogP contribution in [0.1, 0.15) is 35.4 Å². The number of hydrogen-bond acceptors (Lipinski definition) is 3. The lowest BCUT2D eigenvalue weighted by molar-refractivity contribution is -0.0302. The molecule has 1 aromatic heterocycles. The minimum absolute atomic E-state index is 0.252. The first kappa shape index (κ1) is 10.2. The van der Waals surface area contributed by atoms with Crippen LogP contribution in [0.5, 0.6) is 0 Å². The number of carbonyl (C=O) groups is 1. The van der Waals surface area contributed by atoms with Crippen LogP contribution >= 0.6 is 0 Å². The van der Waals surface area contributed by atoms with Gasteiger partial charge < -0.3 is 14.8 Å². The number of carbonyl (C=O) groups excluding carboxylic acids is 1. The van der Waals surface area contributed by atoms with Crippen molar-refractivity contribution in [1.29, 1.82) is 0 Å². The first-order valence-corrected chi connectivity index (χ1v) is 5.15. The summed E-state index contributed by atoms with van der Waals surface area (Å²) >= 11 is 0. The van der Waals surface area contributed by atoms with Crippen LogP contribution in [0.25, 0.3) is 0 Å². The highest BCUT2D eigenvalue weighted by atomic mass is 16.3. The van der Waals surface area contributed by atoms with E-state index in [1.54, 1.807) is 6.07 Å². The van der Waals surface area contributed by atoms with E-state index in [4.69, 9.17) is 4.42 Å². The number of nitrogens with one attached hydrogen (secondary N) is 1. The SMILES string of the molecule is Cc1ccoc1C(=O)NCC1(O)CCC1. The molecule has 1 heterocycles. The van der Waals surface area contributed by atoms with E-state index in [1.165, 1.54) is 6.26 Å². The van der Waals surface area contributed by atoms with Gasteiger partial charge in [0.2, 0.25) is 0 Å². The smallest absolute Gasteiger partial charge is 0.287 e. The summed E-state index contributed by atoms with van der Waals surface area (Å²) in [5.74, 6) is 0.0794. The molecule has 0 radical (unpaired) electrons. The molecular formula is C11H15NO3. The first-order valence-electron chi connectivity index (χ1n) is 5.15. The van der Waals surface area contributed by atoms with Crippen molar-refractivity contribution >= 4 is 5.91 Å². The third kappa shape index (κ3) is 2.04. The summed E-state index contributed by atoms with van der Waals surface area (Å²) in [5, 5.41) is 12.5. The molecule has 0 atom stereocenters. The summed E-state index contributed by atoms with van der Waals surface area (Å²) in [6.45, 7) is 2.13. The Hall–Kier alpha value is -1.29. The molecular weight excluding hydrogens is 194 g/mol. The minimum atomic E-state index is -0.684. The second-order valence-corrected chi connectivity index (χ2v) is 4.19. The van der Waals surface area contributed by atoms with E-state index in [2.05, 4.69) is 5.32 Å². The number of amides is 1. The Morgan fingerprint density at radius 3 is 2.87 bits per heavy atom. The largest absolute Gasteiger partial charge is 0.459 e. The zero-order valence-electron chi connectivity index (χ0n) is 8.75. The van der Waals surface area contributed by atoms with Crippen LogP contribution in [0, 0.1) is 6.92 Å². The number of rotatable bonds is 3. The maximum atomic E-state index is 11.6. The van der Waals surface area contributed by atoms with Gasteiger partial charge >= 0.3 is 0 Å². The average molecular weight is 209 g/mol. The van der Waals surface area contributed by atoms with E-state index in [9.17, 15) is 9.90 Å². The summed E-state index contributed by atoms with van der Waals surface area (Å²) in [6, 6.07) is 1.74. The fraction of sp³-hybridized carbons (Fsp3) is 0.545. The monoisotopic (exact) mass is 209 g/mol. The summed E-state index contributed by atoms with van der Waals surface area (Å²) in [5.41, 5.74) is 0.129. The molecule has 4 nitrogen and oxygen atoms in total. The second-order valence-electron chi connectivity index (χ2n) is 4.19.